The van der Waals surface area contributed by atoms with Crippen LogP contribution in [0.3, 0.4) is 0 Å². The first kappa shape index (κ1) is 23.1. The lowest BCUT2D eigenvalue weighted by atomic mass is 9.88. The summed E-state index contributed by atoms with van der Waals surface area (Å²) >= 11 is 0. The number of halogens is 5. The van der Waals surface area contributed by atoms with Gasteiger partial charge in [-0.1, -0.05) is 6.92 Å². The first-order valence-electron chi connectivity index (χ1n) is 9.45. The summed E-state index contributed by atoms with van der Waals surface area (Å²) < 4.78 is 95.7. The number of benzene rings is 2. The van der Waals surface area contributed by atoms with E-state index >= 15 is 0 Å². The average Bonchev–Trinajstić information content (AvgIpc) is 2.67. The molecule has 0 saturated heterocycles. The van der Waals surface area contributed by atoms with Crippen LogP contribution in [0.2, 0.25) is 0 Å². The third-order valence-electron chi connectivity index (χ3n) is 5.14. The average molecular weight is 462 g/mol. The molecular weight excluding hydrogens is 443 g/mol. The number of amides is 1. The van der Waals surface area contributed by atoms with Crippen molar-refractivity contribution in [1.82, 2.24) is 4.72 Å². The summed E-state index contributed by atoms with van der Waals surface area (Å²) in [6, 6.07) is 1.23. The lowest BCUT2D eigenvalue weighted by Gasteiger charge is -2.26. The predicted molar refractivity (Wildman–Crippen MR) is 102 cm³/mol. The number of carbonyl (C=O) groups is 1. The van der Waals surface area contributed by atoms with Crippen molar-refractivity contribution in [3.8, 4) is 0 Å². The van der Waals surface area contributed by atoms with Crippen molar-refractivity contribution < 1.29 is 35.2 Å². The molecule has 2 N–H and O–H groups in total. The first-order valence-corrected chi connectivity index (χ1v) is 10.9. The number of sulfonamides is 1. The molecule has 168 valence electrons. The second-order valence-electron chi connectivity index (χ2n) is 7.55. The SMILES string of the molecule is CC1CCC(NS(=O)(=O)c2cc(C(=O)Nc3cc(F)c(F)c(F)c3)c(F)cc2F)CC1. The summed E-state index contributed by atoms with van der Waals surface area (Å²) in [7, 11) is -4.41. The Balaban J connectivity index is 1.87. The highest BCUT2D eigenvalue weighted by atomic mass is 32.2. The molecule has 0 unspecified atom stereocenters. The molecule has 11 heteroatoms. The van der Waals surface area contributed by atoms with Crippen molar-refractivity contribution in [2.45, 2.75) is 43.5 Å². The summed E-state index contributed by atoms with van der Waals surface area (Å²) in [5, 5.41) is 1.93. The summed E-state index contributed by atoms with van der Waals surface area (Å²) in [5.41, 5.74) is -1.41. The van der Waals surface area contributed by atoms with E-state index in [2.05, 4.69) is 4.72 Å². The van der Waals surface area contributed by atoms with Gasteiger partial charge in [0.05, 0.1) is 5.56 Å². The molecule has 0 radical (unpaired) electrons. The van der Waals surface area contributed by atoms with E-state index in [9.17, 15) is 35.2 Å². The second-order valence-corrected chi connectivity index (χ2v) is 9.23. The lowest BCUT2D eigenvalue weighted by molar-refractivity contribution is 0.102. The Morgan fingerprint density at radius 3 is 2.03 bits per heavy atom. The highest BCUT2D eigenvalue weighted by Gasteiger charge is 2.28. The maximum Gasteiger partial charge on any atom is 0.258 e. The number of anilines is 1. The van der Waals surface area contributed by atoms with Crippen LogP contribution in [0.5, 0.6) is 0 Å². The van der Waals surface area contributed by atoms with E-state index < -0.39 is 67.2 Å². The van der Waals surface area contributed by atoms with Crippen LogP contribution in [0, 0.1) is 35.0 Å². The fourth-order valence-corrected chi connectivity index (χ4v) is 4.79. The smallest absolute Gasteiger partial charge is 0.258 e. The lowest BCUT2D eigenvalue weighted by Crippen LogP contribution is -2.37. The van der Waals surface area contributed by atoms with Gasteiger partial charge in [0.15, 0.2) is 17.5 Å². The van der Waals surface area contributed by atoms with E-state index in [1.165, 1.54) is 0 Å². The Morgan fingerprint density at radius 1 is 0.871 bits per heavy atom. The minimum atomic E-state index is -4.41. The van der Waals surface area contributed by atoms with Gasteiger partial charge in [-0.15, -0.1) is 0 Å². The highest BCUT2D eigenvalue weighted by molar-refractivity contribution is 7.89. The molecule has 5 nitrogen and oxygen atoms in total. The third-order valence-corrected chi connectivity index (χ3v) is 6.67. The van der Waals surface area contributed by atoms with E-state index in [-0.39, 0.29) is 6.07 Å². The minimum absolute atomic E-state index is 0.234. The maximum atomic E-state index is 14.3. The molecule has 0 spiro atoms. The Morgan fingerprint density at radius 2 is 1.45 bits per heavy atom. The van der Waals surface area contributed by atoms with Crippen molar-refractivity contribution in [3.63, 3.8) is 0 Å². The topological polar surface area (TPSA) is 75.3 Å². The zero-order valence-electron chi connectivity index (χ0n) is 16.3. The Bertz CT molecular complexity index is 1090. The van der Waals surface area contributed by atoms with E-state index in [0.717, 1.165) is 12.8 Å². The van der Waals surface area contributed by atoms with Gasteiger partial charge in [0.25, 0.3) is 5.91 Å². The molecule has 1 aliphatic carbocycles. The fourth-order valence-electron chi connectivity index (χ4n) is 3.40. The number of rotatable bonds is 5. The van der Waals surface area contributed by atoms with E-state index in [0.29, 0.717) is 37.0 Å². The van der Waals surface area contributed by atoms with Crippen LogP contribution in [-0.2, 0) is 10.0 Å². The van der Waals surface area contributed by atoms with Gasteiger partial charge >= 0.3 is 0 Å². The molecular formula is C20H19F5N2O3S. The molecule has 0 aliphatic heterocycles. The van der Waals surface area contributed by atoms with Crippen LogP contribution in [0.1, 0.15) is 43.0 Å². The van der Waals surface area contributed by atoms with Crippen molar-refractivity contribution in [2.24, 2.45) is 5.92 Å². The van der Waals surface area contributed by atoms with Crippen molar-refractivity contribution >= 4 is 21.6 Å². The highest BCUT2D eigenvalue weighted by Crippen LogP contribution is 2.26. The zero-order valence-corrected chi connectivity index (χ0v) is 17.1. The van der Waals surface area contributed by atoms with Gasteiger partial charge in [0.1, 0.15) is 16.5 Å². The van der Waals surface area contributed by atoms with E-state index in [1.54, 1.807) is 0 Å². The number of hydrogen-bond donors (Lipinski definition) is 2. The van der Waals surface area contributed by atoms with Gasteiger partial charge in [-0.2, -0.15) is 0 Å². The summed E-state index contributed by atoms with van der Waals surface area (Å²) in [6.45, 7) is 2.04. The molecule has 0 atom stereocenters. The first-order chi connectivity index (χ1) is 14.5. The van der Waals surface area contributed by atoms with E-state index in [1.807, 2.05) is 12.2 Å². The molecule has 1 saturated carbocycles. The molecule has 1 aliphatic rings. The van der Waals surface area contributed by atoms with Crippen molar-refractivity contribution in [2.75, 3.05) is 5.32 Å². The van der Waals surface area contributed by atoms with Gasteiger partial charge in [0.2, 0.25) is 10.0 Å². The standard InChI is InChI=1S/C20H19F5N2O3S/c1-10-2-4-11(5-3-10)27-31(29,30)18-8-13(14(21)9-15(18)22)20(28)26-12-6-16(23)19(25)17(24)7-12/h6-11,27H,2-5H2,1H3,(H,26,28). The Hall–Kier alpha value is -2.53. The van der Waals surface area contributed by atoms with Gasteiger partial charge in [-0.25, -0.2) is 35.1 Å². The quantitative estimate of drug-likeness (QED) is 0.508. The van der Waals surface area contributed by atoms with E-state index in [4.69, 9.17) is 0 Å². The minimum Gasteiger partial charge on any atom is -0.322 e. The van der Waals surface area contributed by atoms with Gasteiger partial charge in [-0.05, 0) is 37.7 Å². The third kappa shape index (κ3) is 5.21. The normalized spacial score (nSPS) is 19.3. The van der Waals surface area contributed by atoms with Crippen LogP contribution in [0.4, 0.5) is 27.6 Å². The van der Waals surface area contributed by atoms with Crippen molar-refractivity contribution in [3.05, 3.63) is 58.9 Å². The molecule has 3 rings (SSSR count). The van der Waals surface area contributed by atoms with Crippen LogP contribution in [0.15, 0.2) is 29.2 Å². The molecule has 2 aromatic carbocycles. The molecule has 0 bridgehead atoms. The summed E-state index contributed by atoms with van der Waals surface area (Å²) in [5.74, 6) is -8.59. The summed E-state index contributed by atoms with van der Waals surface area (Å²) in [4.78, 5) is 11.4. The monoisotopic (exact) mass is 462 g/mol. The van der Waals surface area contributed by atoms with Crippen LogP contribution < -0.4 is 10.0 Å². The molecule has 2 aromatic rings. The second kappa shape index (κ2) is 8.91. The van der Waals surface area contributed by atoms with Crippen molar-refractivity contribution in [1.29, 1.82) is 0 Å². The molecule has 0 heterocycles. The van der Waals surface area contributed by atoms with Gasteiger partial charge < -0.3 is 5.32 Å². The molecule has 1 amide bonds. The van der Waals surface area contributed by atoms with Crippen LogP contribution in [0.25, 0.3) is 0 Å². The number of nitrogens with one attached hydrogen (secondary N) is 2. The number of hydrogen-bond acceptors (Lipinski definition) is 3. The van der Waals surface area contributed by atoms with Crippen LogP contribution in [-0.4, -0.2) is 20.4 Å². The predicted octanol–water partition coefficient (Wildman–Crippen LogP) is 4.49. The summed E-state index contributed by atoms with van der Waals surface area (Å²) in [6.07, 6.45) is 2.69. The maximum absolute atomic E-state index is 14.3. The Kier molecular flexibility index (Phi) is 6.65. The molecule has 31 heavy (non-hydrogen) atoms. The molecule has 0 aromatic heterocycles. The van der Waals surface area contributed by atoms with Gasteiger partial charge in [-0.3, -0.25) is 4.79 Å². The number of carbonyl (C=O) groups excluding carboxylic acids is 1. The van der Waals surface area contributed by atoms with Gasteiger partial charge in [0, 0.05) is 29.9 Å². The van der Waals surface area contributed by atoms with Crippen LogP contribution >= 0.6 is 0 Å². The largest absolute Gasteiger partial charge is 0.322 e. The zero-order chi connectivity index (χ0) is 22.9. The fraction of sp³-hybridized carbons (Fsp3) is 0.350. The Labute approximate surface area is 175 Å². The molecule has 1 fully saturated rings.